The zero-order valence-electron chi connectivity index (χ0n) is 14.2. The van der Waals surface area contributed by atoms with E-state index < -0.39 is 27.4 Å². The molecule has 2 fully saturated rings. The number of hydrogen-bond donors (Lipinski definition) is 2. The summed E-state index contributed by atoms with van der Waals surface area (Å²) in [5.74, 6) is -0.429. The maximum absolute atomic E-state index is 12.8. The third-order valence-corrected chi connectivity index (χ3v) is 6.63. The van der Waals surface area contributed by atoms with Gasteiger partial charge < -0.3 is 9.64 Å². The van der Waals surface area contributed by atoms with Gasteiger partial charge in [-0.05, 0) is 19.1 Å². The Morgan fingerprint density at radius 3 is 2.48 bits per heavy atom. The van der Waals surface area contributed by atoms with Crippen molar-refractivity contribution in [1.29, 1.82) is 0 Å². The van der Waals surface area contributed by atoms with E-state index in [9.17, 15) is 13.2 Å². The molecule has 0 aromatic heterocycles. The minimum atomic E-state index is -3.52. The normalized spacial score (nSPS) is 25.1. The van der Waals surface area contributed by atoms with Gasteiger partial charge >= 0.3 is 5.97 Å². The number of rotatable bonds is 5. The van der Waals surface area contributed by atoms with Gasteiger partial charge in [0.05, 0.1) is 6.61 Å². The largest absolute Gasteiger partial charge is 0.465 e. The van der Waals surface area contributed by atoms with E-state index in [1.807, 2.05) is 30.3 Å². The Morgan fingerprint density at radius 2 is 1.84 bits per heavy atom. The van der Waals surface area contributed by atoms with Crippen molar-refractivity contribution >= 4 is 21.7 Å². The van der Waals surface area contributed by atoms with Crippen LogP contribution in [0, 0.1) is 0 Å². The first-order chi connectivity index (χ1) is 12.0. The summed E-state index contributed by atoms with van der Waals surface area (Å²) < 4.78 is 32.1. The molecule has 2 N–H and O–H groups in total. The molecule has 3 rings (SSSR count). The highest BCUT2D eigenvalue weighted by molar-refractivity contribution is 7.89. The zero-order valence-corrected chi connectivity index (χ0v) is 15.0. The van der Waals surface area contributed by atoms with E-state index in [4.69, 9.17) is 4.74 Å². The number of hydrazine groups is 1. The molecule has 8 nitrogen and oxygen atoms in total. The summed E-state index contributed by atoms with van der Waals surface area (Å²) in [6, 6.07) is 9.32. The number of nitrogens with one attached hydrogen (secondary N) is 2. The van der Waals surface area contributed by atoms with E-state index >= 15 is 0 Å². The Balaban J connectivity index is 1.58. The smallest absolute Gasteiger partial charge is 0.324 e. The van der Waals surface area contributed by atoms with Crippen molar-refractivity contribution in [3.8, 4) is 0 Å². The van der Waals surface area contributed by atoms with Crippen LogP contribution in [0.3, 0.4) is 0 Å². The van der Waals surface area contributed by atoms with Crippen molar-refractivity contribution in [1.82, 2.24) is 15.2 Å². The molecule has 2 unspecified atom stereocenters. The summed E-state index contributed by atoms with van der Waals surface area (Å²) in [5, 5.41) is -0.815. The minimum Gasteiger partial charge on any atom is -0.465 e. The lowest BCUT2D eigenvalue weighted by Crippen LogP contribution is -2.53. The lowest BCUT2D eigenvalue weighted by atomic mass is 10.2. The average Bonchev–Trinajstić information content (AvgIpc) is 3.14. The molecule has 0 saturated carbocycles. The number of ether oxygens (including phenoxy) is 1. The second kappa shape index (κ2) is 7.69. The SMILES string of the molecule is CCOC(=O)C1CC(S(=O)(=O)N2CCN(c3ccccc3)CC2)NN1. The topological polar surface area (TPSA) is 91.0 Å². The van der Waals surface area contributed by atoms with Crippen LogP contribution >= 0.6 is 0 Å². The number of para-hydroxylation sites is 1. The van der Waals surface area contributed by atoms with Gasteiger partial charge in [-0.1, -0.05) is 18.2 Å². The van der Waals surface area contributed by atoms with Gasteiger partial charge in [-0.2, -0.15) is 4.31 Å². The number of nitrogens with zero attached hydrogens (tertiary/aromatic N) is 2. The van der Waals surface area contributed by atoms with Gasteiger partial charge in [-0.15, -0.1) is 0 Å². The number of carbonyl (C=O) groups excluding carboxylic acids is 1. The summed E-state index contributed by atoms with van der Waals surface area (Å²) in [4.78, 5) is 13.9. The van der Waals surface area contributed by atoms with Gasteiger partial charge in [0.2, 0.25) is 10.0 Å². The van der Waals surface area contributed by atoms with Crippen LogP contribution in [0.1, 0.15) is 13.3 Å². The van der Waals surface area contributed by atoms with Gasteiger partial charge in [-0.25, -0.2) is 19.3 Å². The second-order valence-electron chi connectivity index (χ2n) is 6.08. The number of carbonyl (C=O) groups is 1. The molecular weight excluding hydrogens is 344 g/mol. The van der Waals surface area contributed by atoms with Crippen molar-refractivity contribution in [3.05, 3.63) is 30.3 Å². The summed E-state index contributed by atoms with van der Waals surface area (Å²) >= 11 is 0. The molecule has 0 aliphatic carbocycles. The molecular formula is C16H24N4O4S. The fourth-order valence-corrected chi connectivity index (χ4v) is 4.82. The molecule has 138 valence electrons. The maximum atomic E-state index is 12.8. The molecule has 1 aromatic carbocycles. The van der Waals surface area contributed by atoms with E-state index in [2.05, 4.69) is 15.8 Å². The molecule has 0 radical (unpaired) electrons. The Labute approximate surface area is 148 Å². The van der Waals surface area contributed by atoms with Crippen LogP contribution in [0.5, 0.6) is 0 Å². The summed E-state index contributed by atoms with van der Waals surface area (Å²) in [5.41, 5.74) is 6.56. The average molecular weight is 368 g/mol. The number of sulfonamides is 1. The molecule has 9 heteroatoms. The highest BCUT2D eigenvalue weighted by Crippen LogP contribution is 2.21. The Kier molecular flexibility index (Phi) is 5.57. The van der Waals surface area contributed by atoms with Crippen molar-refractivity contribution in [3.63, 3.8) is 0 Å². The summed E-state index contributed by atoms with van der Waals surface area (Å²) in [7, 11) is -3.52. The van der Waals surface area contributed by atoms with Crippen LogP contribution in [-0.2, 0) is 19.6 Å². The van der Waals surface area contributed by atoms with Crippen LogP contribution in [-0.4, -0.2) is 62.9 Å². The van der Waals surface area contributed by atoms with Crippen LogP contribution in [0.2, 0.25) is 0 Å². The number of piperazine rings is 1. The predicted octanol–water partition coefficient (Wildman–Crippen LogP) is -0.106. The van der Waals surface area contributed by atoms with E-state index in [1.54, 1.807) is 6.92 Å². The van der Waals surface area contributed by atoms with E-state index in [1.165, 1.54) is 4.31 Å². The Morgan fingerprint density at radius 1 is 1.16 bits per heavy atom. The first-order valence-electron chi connectivity index (χ1n) is 8.49. The predicted molar refractivity (Wildman–Crippen MR) is 94.2 cm³/mol. The quantitative estimate of drug-likeness (QED) is 0.701. The number of anilines is 1. The Bertz CT molecular complexity index is 689. The minimum absolute atomic E-state index is 0.167. The van der Waals surface area contributed by atoms with Crippen molar-refractivity contribution in [2.24, 2.45) is 0 Å². The van der Waals surface area contributed by atoms with Crippen LogP contribution in [0.4, 0.5) is 5.69 Å². The Hall–Kier alpha value is -1.68. The molecule has 2 aliphatic rings. The van der Waals surface area contributed by atoms with Gasteiger partial charge in [0.1, 0.15) is 11.4 Å². The van der Waals surface area contributed by atoms with Gasteiger partial charge in [0, 0.05) is 38.3 Å². The summed E-state index contributed by atoms with van der Waals surface area (Å²) in [6.45, 7) is 4.14. The molecule has 0 spiro atoms. The number of hydrogen-bond acceptors (Lipinski definition) is 7. The zero-order chi connectivity index (χ0) is 17.9. The molecule has 0 bridgehead atoms. The van der Waals surface area contributed by atoms with E-state index in [-0.39, 0.29) is 13.0 Å². The van der Waals surface area contributed by atoms with Gasteiger partial charge in [0.15, 0.2) is 0 Å². The lowest BCUT2D eigenvalue weighted by molar-refractivity contribution is -0.145. The highest BCUT2D eigenvalue weighted by Gasteiger charge is 2.41. The number of benzene rings is 1. The standard InChI is InChI=1S/C16H24N4O4S/c1-2-24-16(21)14-12-15(18-17-14)25(22,23)20-10-8-19(9-11-20)13-6-4-3-5-7-13/h3-7,14-15,17-18H,2,8-12H2,1H3. The molecule has 2 aliphatic heterocycles. The van der Waals surface area contributed by atoms with Crippen molar-refractivity contribution < 1.29 is 17.9 Å². The third kappa shape index (κ3) is 3.95. The fraction of sp³-hybridized carbons (Fsp3) is 0.562. The summed E-state index contributed by atoms with van der Waals surface area (Å²) in [6.07, 6.45) is 0.167. The van der Waals surface area contributed by atoms with Crippen molar-refractivity contribution in [2.75, 3.05) is 37.7 Å². The molecule has 0 amide bonds. The number of esters is 1. The second-order valence-corrected chi connectivity index (χ2v) is 8.20. The first kappa shape index (κ1) is 18.1. The maximum Gasteiger partial charge on any atom is 0.324 e. The van der Waals surface area contributed by atoms with Crippen LogP contribution < -0.4 is 15.8 Å². The van der Waals surface area contributed by atoms with Gasteiger partial charge in [-0.3, -0.25) is 4.79 Å². The van der Waals surface area contributed by atoms with Crippen LogP contribution in [0.15, 0.2) is 30.3 Å². The van der Waals surface area contributed by atoms with Crippen LogP contribution in [0.25, 0.3) is 0 Å². The monoisotopic (exact) mass is 368 g/mol. The first-order valence-corrected chi connectivity index (χ1v) is 9.99. The lowest BCUT2D eigenvalue weighted by Gasteiger charge is -2.36. The third-order valence-electron chi connectivity index (χ3n) is 4.52. The molecule has 2 saturated heterocycles. The molecule has 1 aromatic rings. The molecule has 25 heavy (non-hydrogen) atoms. The molecule has 2 heterocycles. The van der Waals surface area contributed by atoms with Crippen molar-refractivity contribution in [2.45, 2.75) is 24.8 Å². The molecule has 2 atom stereocenters. The van der Waals surface area contributed by atoms with E-state index in [0.29, 0.717) is 26.2 Å². The fourth-order valence-electron chi connectivity index (χ4n) is 3.14. The van der Waals surface area contributed by atoms with E-state index in [0.717, 1.165) is 5.69 Å². The highest BCUT2D eigenvalue weighted by atomic mass is 32.2. The van der Waals surface area contributed by atoms with Gasteiger partial charge in [0.25, 0.3) is 0 Å².